The summed E-state index contributed by atoms with van der Waals surface area (Å²) in [4.78, 5) is 16.1. The van der Waals surface area contributed by atoms with Crippen molar-refractivity contribution < 1.29 is 4.79 Å². The molecule has 0 aliphatic carbocycles. The largest absolute Gasteiger partial charge is 0.337 e. The van der Waals surface area contributed by atoms with Crippen LogP contribution in [0.5, 0.6) is 0 Å². The second kappa shape index (κ2) is 7.04. The summed E-state index contributed by atoms with van der Waals surface area (Å²) in [6, 6.07) is 7.76. The maximum atomic E-state index is 12.0. The molecule has 1 fully saturated rings. The predicted molar refractivity (Wildman–Crippen MR) is 92.2 cm³/mol. The quantitative estimate of drug-likeness (QED) is 0.786. The number of carbonyl (C=O) groups excluding carboxylic acids is 1. The third-order valence-electron chi connectivity index (χ3n) is 3.99. The number of aromatic amines is 1. The van der Waals surface area contributed by atoms with Crippen molar-refractivity contribution in [1.29, 1.82) is 0 Å². The van der Waals surface area contributed by atoms with Gasteiger partial charge in [0.25, 0.3) is 0 Å². The van der Waals surface area contributed by atoms with Crippen molar-refractivity contribution >= 4 is 17.8 Å². The average molecular weight is 331 g/mol. The van der Waals surface area contributed by atoms with Crippen LogP contribution in [0.2, 0.25) is 0 Å². The van der Waals surface area contributed by atoms with Crippen molar-refractivity contribution in [3.63, 3.8) is 0 Å². The van der Waals surface area contributed by atoms with Crippen molar-refractivity contribution in [2.75, 3.05) is 12.3 Å². The first kappa shape index (κ1) is 15.9. The molecule has 0 radical (unpaired) electrons. The Morgan fingerprint density at radius 2 is 2.35 bits per heavy atom. The van der Waals surface area contributed by atoms with Crippen LogP contribution in [0.3, 0.4) is 0 Å². The molecule has 7 heteroatoms. The van der Waals surface area contributed by atoms with Gasteiger partial charge in [-0.1, -0.05) is 18.2 Å². The Hall–Kier alpha value is -2.02. The number of carbonyl (C=O) groups is 1. The van der Waals surface area contributed by atoms with Gasteiger partial charge >= 0.3 is 6.03 Å². The summed E-state index contributed by atoms with van der Waals surface area (Å²) >= 11 is 1.94. The van der Waals surface area contributed by atoms with Crippen molar-refractivity contribution in [1.82, 2.24) is 25.8 Å². The van der Waals surface area contributed by atoms with Gasteiger partial charge in [-0.3, -0.25) is 5.10 Å². The van der Waals surface area contributed by atoms with E-state index in [1.54, 1.807) is 0 Å². The Balaban J connectivity index is 1.50. The molecule has 1 aliphatic heterocycles. The number of benzene rings is 1. The second-order valence-corrected chi connectivity index (χ2v) is 7.66. The van der Waals surface area contributed by atoms with E-state index in [1.165, 1.54) is 18.5 Å². The third-order valence-corrected chi connectivity index (χ3v) is 5.53. The monoisotopic (exact) mass is 331 g/mol. The molecule has 1 aromatic heterocycles. The van der Waals surface area contributed by atoms with Gasteiger partial charge in [-0.15, -0.1) is 0 Å². The van der Waals surface area contributed by atoms with Crippen LogP contribution in [0.1, 0.15) is 25.3 Å². The van der Waals surface area contributed by atoms with Crippen LogP contribution in [0.25, 0.3) is 11.4 Å². The minimum Gasteiger partial charge on any atom is -0.337 e. The molecule has 0 bridgehead atoms. The molecule has 2 aromatic rings. The number of hydrogen-bond acceptors (Lipinski definition) is 4. The molecule has 1 aliphatic rings. The molecule has 6 nitrogen and oxygen atoms in total. The van der Waals surface area contributed by atoms with E-state index in [0.717, 1.165) is 23.4 Å². The Morgan fingerprint density at radius 1 is 1.43 bits per heavy atom. The van der Waals surface area contributed by atoms with E-state index < -0.39 is 0 Å². The fourth-order valence-corrected chi connectivity index (χ4v) is 3.91. The van der Waals surface area contributed by atoms with Gasteiger partial charge in [0.2, 0.25) is 0 Å². The lowest BCUT2D eigenvalue weighted by atomic mass is 10.1. The lowest BCUT2D eigenvalue weighted by Crippen LogP contribution is -2.42. The zero-order valence-corrected chi connectivity index (χ0v) is 13.9. The van der Waals surface area contributed by atoms with E-state index in [4.69, 9.17) is 0 Å². The summed E-state index contributed by atoms with van der Waals surface area (Å²) in [5.74, 6) is 1.91. The summed E-state index contributed by atoms with van der Waals surface area (Å²) in [6.45, 7) is 3.41. The molecule has 23 heavy (non-hydrogen) atoms. The first-order chi connectivity index (χ1) is 11.1. The molecule has 1 atom stereocenters. The number of nitrogens with one attached hydrogen (secondary N) is 3. The second-order valence-electron chi connectivity index (χ2n) is 5.97. The standard InChI is InChI=1S/C16H21N5OS/c1-16(6-3-7-23-16)10-18-15(22)17-9-12-4-2-5-13(8-12)14-19-11-20-21-14/h2,4-5,8,11H,3,6-7,9-10H2,1H3,(H2,17,18,22)(H,19,20,21)/t16-/m1/s1. The van der Waals surface area contributed by atoms with E-state index in [1.807, 2.05) is 36.0 Å². The topological polar surface area (TPSA) is 82.7 Å². The molecular formula is C16H21N5OS. The highest BCUT2D eigenvalue weighted by atomic mass is 32.2. The van der Waals surface area contributed by atoms with Crippen LogP contribution >= 0.6 is 11.8 Å². The van der Waals surface area contributed by atoms with Crippen molar-refractivity contribution in [2.45, 2.75) is 31.1 Å². The number of rotatable bonds is 5. The van der Waals surface area contributed by atoms with Crippen LogP contribution in [0.15, 0.2) is 30.6 Å². The van der Waals surface area contributed by atoms with E-state index in [9.17, 15) is 4.79 Å². The maximum Gasteiger partial charge on any atom is 0.315 e. The SMILES string of the molecule is C[C@]1(CNC(=O)NCc2cccc(-c3ncn[nH]3)c2)CCCS1. The van der Waals surface area contributed by atoms with Crippen LogP contribution in [-0.2, 0) is 6.54 Å². The predicted octanol–water partition coefficient (Wildman–Crippen LogP) is 2.56. The van der Waals surface area contributed by atoms with Gasteiger partial charge in [-0.25, -0.2) is 9.78 Å². The van der Waals surface area contributed by atoms with Gasteiger partial charge < -0.3 is 10.6 Å². The van der Waals surface area contributed by atoms with Crippen molar-refractivity contribution in [3.8, 4) is 11.4 Å². The molecule has 2 amide bonds. The Kier molecular flexibility index (Phi) is 4.85. The number of aromatic nitrogens is 3. The van der Waals surface area contributed by atoms with Gasteiger partial charge in [0.15, 0.2) is 5.82 Å². The zero-order valence-electron chi connectivity index (χ0n) is 13.1. The smallest absolute Gasteiger partial charge is 0.315 e. The molecular weight excluding hydrogens is 310 g/mol. The third kappa shape index (κ3) is 4.25. The van der Waals surface area contributed by atoms with Gasteiger partial charge in [-0.2, -0.15) is 16.9 Å². The van der Waals surface area contributed by atoms with Gasteiger partial charge in [0.05, 0.1) is 0 Å². The Labute approximate surface area is 139 Å². The lowest BCUT2D eigenvalue weighted by Gasteiger charge is -2.22. The maximum absolute atomic E-state index is 12.0. The summed E-state index contributed by atoms with van der Waals surface area (Å²) in [6.07, 6.45) is 3.88. The van der Waals surface area contributed by atoms with Gasteiger partial charge in [0.1, 0.15) is 6.33 Å². The number of amides is 2. The normalized spacial score (nSPS) is 20.4. The molecule has 2 heterocycles. The first-order valence-corrected chi connectivity index (χ1v) is 8.74. The molecule has 3 N–H and O–H groups in total. The average Bonchev–Trinajstić information content (AvgIpc) is 3.23. The van der Waals surface area contributed by atoms with Crippen molar-refractivity contribution in [3.05, 3.63) is 36.2 Å². The lowest BCUT2D eigenvalue weighted by molar-refractivity contribution is 0.239. The molecule has 1 saturated heterocycles. The van der Waals surface area contributed by atoms with Crippen LogP contribution < -0.4 is 10.6 Å². The first-order valence-electron chi connectivity index (χ1n) is 7.75. The van der Waals surface area contributed by atoms with Gasteiger partial charge in [0, 0.05) is 23.4 Å². The van der Waals surface area contributed by atoms with Gasteiger partial charge in [-0.05, 0) is 37.1 Å². The summed E-state index contributed by atoms with van der Waals surface area (Å²) < 4.78 is 0.184. The molecule has 0 saturated carbocycles. The number of H-pyrrole nitrogens is 1. The van der Waals surface area contributed by atoms with E-state index >= 15 is 0 Å². The number of urea groups is 1. The Morgan fingerprint density at radius 3 is 3.09 bits per heavy atom. The Bertz CT molecular complexity index is 652. The van der Waals surface area contributed by atoms with Crippen LogP contribution in [0, 0.1) is 0 Å². The summed E-state index contributed by atoms with van der Waals surface area (Å²) in [5.41, 5.74) is 1.98. The molecule has 122 valence electrons. The highest BCUT2D eigenvalue weighted by Gasteiger charge is 2.29. The fourth-order valence-electron chi connectivity index (χ4n) is 2.66. The molecule has 0 spiro atoms. The van der Waals surface area contributed by atoms with E-state index in [0.29, 0.717) is 13.1 Å². The molecule has 3 rings (SSSR count). The minimum absolute atomic E-state index is 0.121. The van der Waals surface area contributed by atoms with Crippen LogP contribution in [0.4, 0.5) is 4.79 Å². The summed E-state index contributed by atoms with van der Waals surface area (Å²) in [7, 11) is 0. The summed E-state index contributed by atoms with van der Waals surface area (Å²) in [5, 5.41) is 12.6. The number of hydrogen-bond donors (Lipinski definition) is 3. The van der Waals surface area contributed by atoms with Crippen LogP contribution in [-0.4, -0.2) is 38.3 Å². The minimum atomic E-state index is -0.121. The number of nitrogens with zero attached hydrogens (tertiary/aromatic N) is 2. The fraction of sp³-hybridized carbons (Fsp3) is 0.438. The molecule has 1 aromatic carbocycles. The molecule has 0 unspecified atom stereocenters. The highest BCUT2D eigenvalue weighted by molar-refractivity contribution is 8.00. The highest BCUT2D eigenvalue weighted by Crippen LogP contribution is 2.36. The zero-order chi connectivity index (χ0) is 16.1. The van der Waals surface area contributed by atoms with E-state index in [-0.39, 0.29) is 10.8 Å². The number of thioether (sulfide) groups is 1. The van der Waals surface area contributed by atoms with E-state index in [2.05, 4.69) is 32.7 Å². The van der Waals surface area contributed by atoms with Crippen molar-refractivity contribution in [2.24, 2.45) is 0 Å².